The van der Waals surface area contributed by atoms with E-state index in [0.717, 1.165) is 77.7 Å². The summed E-state index contributed by atoms with van der Waals surface area (Å²) in [6, 6.07) is 25.2. The molecule has 0 bridgehead atoms. The maximum absolute atomic E-state index is 13.4. The number of para-hydroxylation sites is 1. The van der Waals surface area contributed by atoms with Crippen molar-refractivity contribution in [2.24, 2.45) is 0 Å². The summed E-state index contributed by atoms with van der Waals surface area (Å²) in [5, 5.41) is 6.10. The van der Waals surface area contributed by atoms with Gasteiger partial charge in [0.15, 0.2) is 0 Å². The topological polar surface area (TPSA) is 37.3 Å². The van der Waals surface area contributed by atoms with Crippen LogP contribution >= 0.6 is 23.2 Å². The number of amides is 1. The van der Waals surface area contributed by atoms with Gasteiger partial charge in [-0.3, -0.25) is 9.69 Å². The number of halogens is 2. The SMILES string of the molecule is O=C(Cn1c(-c2ccccc2)c(CN2CCC(c3c(Cl)cccc3Cl)CC2)c2ccccc21)NC1CCCCC1. The highest BCUT2D eigenvalue weighted by Crippen LogP contribution is 2.39. The van der Waals surface area contributed by atoms with Crippen molar-refractivity contribution in [2.45, 2.75) is 70.0 Å². The molecule has 1 saturated carbocycles. The molecule has 1 N–H and O–H groups in total. The fraction of sp³-hybridized carbons (Fsp3) is 0.382. The molecule has 208 valence electrons. The molecule has 1 aliphatic heterocycles. The van der Waals surface area contributed by atoms with Gasteiger partial charge in [-0.15, -0.1) is 0 Å². The Hall–Kier alpha value is -2.79. The van der Waals surface area contributed by atoms with E-state index in [1.807, 2.05) is 18.2 Å². The molecule has 0 radical (unpaired) electrons. The molecule has 0 atom stereocenters. The summed E-state index contributed by atoms with van der Waals surface area (Å²) in [6.45, 7) is 3.11. The first kappa shape index (κ1) is 27.4. The van der Waals surface area contributed by atoms with Crippen LogP contribution in [0.5, 0.6) is 0 Å². The number of hydrogen-bond acceptors (Lipinski definition) is 2. The standard InChI is InChI=1S/C34H37Cl2N3O/c35-29-15-9-16-30(36)33(29)24-18-20-38(21-19-24)22-28-27-14-7-8-17-31(27)39(34(28)25-10-3-1-4-11-25)23-32(40)37-26-12-5-2-6-13-26/h1,3-4,7-11,14-17,24,26H,2,5-6,12-13,18-23H2,(H,37,40). The average Bonchev–Trinajstić information content (AvgIpc) is 3.27. The molecule has 6 heteroatoms. The maximum Gasteiger partial charge on any atom is 0.240 e. The predicted molar refractivity (Wildman–Crippen MR) is 166 cm³/mol. The number of carbonyl (C=O) groups is 1. The van der Waals surface area contributed by atoms with E-state index < -0.39 is 0 Å². The average molecular weight is 575 g/mol. The van der Waals surface area contributed by atoms with E-state index in [1.165, 1.54) is 30.2 Å². The van der Waals surface area contributed by atoms with Crippen LogP contribution in [0, 0.1) is 0 Å². The molecule has 4 aromatic rings. The highest BCUT2D eigenvalue weighted by Gasteiger charge is 2.27. The van der Waals surface area contributed by atoms with Gasteiger partial charge in [-0.25, -0.2) is 0 Å². The number of fused-ring (bicyclic) bond motifs is 1. The summed E-state index contributed by atoms with van der Waals surface area (Å²) in [6.07, 6.45) is 7.90. The Morgan fingerprint density at radius 1 is 0.800 bits per heavy atom. The third-order valence-corrected chi connectivity index (χ3v) is 9.43. The maximum atomic E-state index is 13.4. The Labute approximate surface area is 247 Å². The van der Waals surface area contributed by atoms with Crippen molar-refractivity contribution in [2.75, 3.05) is 13.1 Å². The van der Waals surface area contributed by atoms with Gasteiger partial charge in [-0.2, -0.15) is 0 Å². The molecule has 1 aliphatic carbocycles. The Balaban J connectivity index is 1.29. The van der Waals surface area contributed by atoms with E-state index in [-0.39, 0.29) is 5.91 Å². The van der Waals surface area contributed by atoms with E-state index in [1.54, 1.807) is 0 Å². The molecular formula is C34H37Cl2N3O. The van der Waals surface area contributed by atoms with E-state index in [2.05, 4.69) is 69.4 Å². The Bertz CT molecular complexity index is 1450. The lowest BCUT2D eigenvalue weighted by Gasteiger charge is -2.33. The van der Waals surface area contributed by atoms with E-state index in [9.17, 15) is 4.79 Å². The van der Waals surface area contributed by atoms with Gasteiger partial charge in [0.2, 0.25) is 5.91 Å². The first-order valence-electron chi connectivity index (χ1n) is 14.7. The molecule has 1 saturated heterocycles. The normalized spacial score (nSPS) is 17.4. The monoisotopic (exact) mass is 573 g/mol. The van der Waals surface area contributed by atoms with Crippen LogP contribution in [-0.2, 0) is 17.9 Å². The summed E-state index contributed by atoms with van der Waals surface area (Å²) in [7, 11) is 0. The van der Waals surface area contributed by atoms with Gasteiger partial charge in [0.1, 0.15) is 6.54 Å². The number of hydrogen-bond donors (Lipinski definition) is 1. The Morgan fingerprint density at radius 2 is 1.48 bits per heavy atom. The van der Waals surface area contributed by atoms with Crippen molar-refractivity contribution in [1.82, 2.24) is 14.8 Å². The summed E-state index contributed by atoms with van der Waals surface area (Å²) in [4.78, 5) is 15.9. The van der Waals surface area contributed by atoms with Gasteiger partial charge in [-0.05, 0) is 79.6 Å². The zero-order valence-corrected chi connectivity index (χ0v) is 24.4. The van der Waals surface area contributed by atoms with Gasteiger partial charge in [0.25, 0.3) is 0 Å². The second-order valence-corrected chi connectivity index (χ2v) is 12.2. The molecule has 1 amide bonds. The number of benzene rings is 3. The number of nitrogens with zero attached hydrogens (tertiary/aromatic N) is 2. The molecule has 6 rings (SSSR count). The number of aromatic nitrogens is 1. The lowest BCUT2D eigenvalue weighted by Crippen LogP contribution is -2.38. The zero-order valence-electron chi connectivity index (χ0n) is 22.9. The van der Waals surface area contributed by atoms with Gasteiger partial charge in [-0.1, -0.05) is 97.1 Å². The summed E-state index contributed by atoms with van der Waals surface area (Å²) in [5.41, 5.74) is 5.80. The lowest BCUT2D eigenvalue weighted by atomic mass is 9.89. The van der Waals surface area contributed by atoms with Gasteiger partial charge in [0.05, 0.1) is 5.69 Å². The molecule has 40 heavy (non-hydrogen) atoms. The third kappa shape index (κ3) is 5.81. The molecule has 3 aromatic carbocycles. The van der Waals surface area contributed by atoms with Crippen molar-refractivity contribution < 1.29 is 4.79 Å². The number of rotatable bonds is 7. The van der Waals surface area contributed by atoms with Crippen LogP contribution in [0.15, 0.2) is 72.8 Å². The third-order valence-electron chi connectivity index (χ3n) is 8.77. The fourth-order valence-corrected chi connectivity index (χ4v) is 7.50. The van der Waals surface area contributed by atoms with Crippen molar-refractivity contribution in [3.8, 4) is 11.3 Å². The van der Waals surface area contributed by atoms with E-state index in [4.69, 9.17) is 23.2 Å². The van der Waals surface area contributed by atoms with Gasteiger partial charge in [0, 0.05) is 33.5 Å². The number of nitrogens with one attached hydrogen (secondary N) is 1. The van der Waals surface area contributed by atoms with Crippen LogP contribution in [-0.4, -0.2) is 34.5 Å². The van der Waals surface area contributed by atoms with Crippen LogP contribution in [0.3, 0.4) is 0 Å². The smallest absolute Gasteiger partial charge is 0.240 e. The first-order valence-corrected chi connectivity index (χ1v) is 15.4. The molecule has 2 aliphatic rings. The highest BCUT2D eigenvalue weighted by molar-refractivity contribution is 6.36. The number of carbonyl (C=O) groups excluding carboxylic acids is 1. The molecule has 2 fully saturated rings. The van der Waals surface area contributed by atoms with Crippen molar-refractivity contribution in [1.29, 1.82) is 0 Å². The van der Waals surface area contributed by atoms with Crippen LogP contribution in [0.4, 0.5) is 0 Å². The summed E-state index contributed by atoms with van der Waals surface area (Å²) < 4.78 is 2.24. The molecule has 0 spiro atoms. The molecule has 1 aromatic heterocycles. The van der Waals surface area contributed by atoms with Crippen LogP contribution in [0.25, 0.3) is 22.2 Å². The van der Waals surface area contributed by atoms with Gasteiger partial charge >= 0.3 is 0 Å². The summed E-state index contributed by atoms with van der Waals surface area (Å²) in [5.74, 6) is 0.477. The van der Waals surface area contributed by atoms with Crippen LogP contribution < -0.4 is 5.32 Å². The number of piperidine rings is 1. The number of likely N-dealkylation sites (tertiary alicyclic amines) is 1. The molecular weight excluding hydrogens is 537 g/mol. The highest BCUT2D eigenvalue weighted by atomic mass is 35.5. The van der Waals surface area contributed by atoms with E-state index >= 15 is 0 Å². The lowest BCUT2D eigenvalue weighted by molar-refractivity contribution is -0.122. The minimum Gasteiger partial charge on any atom is -0.352 e. The predicted octanol–water partition coefficient (Wildman–Crippen LogP) is 8.44. The second kappa shape index (κ2) is 12.4. The van der Waals surface area contributed by atoms with Crippen molar-refractivity contribution in [3.63, 3.8) is 0 Å². The van der Waals surface area contributed by atoms with Crippen molar-refractivity contribution >= 4 is 40.0 Å². The minimum atomic E-state index is 0.105. The first-order chi connectivity index (χ1) is 19.6. The molecule has 2 heterocycles. The van der Waals surface area contributed by atoms with Crippen molar-refractivity contribution in [3.05, 3.63) is 94.0 Å². The van der Waals surface area contributed by atoms with Crippen LogP contribution in [0.2, 0.25) is 10.0 Å². The van der Waals surface area contributed by atoms with E-state index in [0.29, 0.717) is 18.5 Å². The summed E-state index contributed by atoms with van der Waals surface area (Å²) >= 11 is 13.1. The second-order valence-electron chi connectivity index (χ2n) is 11.4. The molecule has 0 unspecified atom stereocenters. The fourth-order valence-electron chi connectivity index (χ4n) is 6.79. The Kier molecular flexibility index (Phi) is 8.48. The Morgan fingerprint density at radius 3 is 2.20 bits per heavy atom. The quantitative estimate of drug-likeness (QED) is 0.241. The molecule has 4 nitrogen and oxygen atoms in total. The van der Waals surface area contributed by atoms with Gasteiger partial charge < -0.3 is 9.88 Å². The van der Waals surface area contributed by atoms with Crippen LogP contribution in [0.1, 0.15) is 62.0 Å². The zero-order chi connectivity index (χ0) is 27.5. The minimum absolute atomic E-state index is 0.105. The largest absolute Gasteiger partial charge is 0.352 e.